The molecule has 4 rings (SSSR count). The largest absolute Gasteiger partial charge is 0.478 e. The number of nitrogens with one attached hydrogen (secondary N) is 2. The molecule has 0 aliphatic carbocycles. The number of hydrogen-bond donors (Lipinski definition) is 4. The van der Waals surface area contributed by atoms with Gasteiger partial charge in [0.15, 0.2) is 0 Å². The molecule has 4 N–H and O–H groups in total. The van der Waals surface area contributed by atoms with Gasteiger partial charge in [0.2, 0.25) is 15.7 Å². The number of halogens is 3. The molecule has 2 atom stereocenters. The van der Waals surface area contributed by atoms with Gasteiger partial charge in [0.1, 0.15) is 22.0 Å². The van der Waals surface area contributed by atoms with Crippen molar-refractivity contribution < 1.29 is 28.2 Å². The topological polar surface area (TPSA) is 159 Å². The lowest BCUT2D eigenvalue weighted by Gasteiger charge is -2.35. The van der Waals surface area contributed by atoms with Crippen LogP contribution in [0.3, 0.4) is 0 Å². The van der Waals surface area contributed by atoms with Crippen LogP contribution in [0.15, 0.2) is 65.6 Å². The highest BCUT2D eigenvalue weighted by Crippen LogP contribution is 2.32. The lowest BCUT2D eigenvalue weighted by molar-refractivity contribution is -0.151. The van der Waals surface area contributed by atoms with Crippen molar-refractivity contribution in [3.05, 3.63) is 86.9 Å². The number of aliphatic hydroxyl groups is 1. The Hall–Kier alpha value is -2.84. The predicted octanol–water partition coefficient (Wildman–Crippen LogP) is 3.87. The number of amides is 1. The number of carboxylic acids is 1. The summed E-state index contributed by atoms with van der Waals surface area (Å²) in [5.74, 6) is -2.94. The van der Waals surface area contributed by atoms with Crippen molar-refractivity contribution in [2.75, 3.05) is 0 Å². The summed E-state index contributed by atoms with van der Waals surface area (Å²) in [6.07, 6.45) is -2.18. The number of hydrogen-bond acceptors (Lipinski definition) is 8. The fourth-order valence-electron chi connectivity index (χ4n) is 3.41. The zero-order chi connectivity index (χ0) is 27.0. The van der Waals surface area contributed by atoms with Crippen LogP contribution in [0, 0.1) is 0 Å². The van der Waals surface area contributed by atoms with Gasteiger partial charge >= 0.3 is 5.97 Å². The Morgan fingerprint density at radius 1 is 0.973 bits per heavy atom. The van der Waals surface area contributed by atoms with Crippen molar-refractivity contribution in [2.24, 2.45) is 0 Å². The first kappa shape index (κ1) is 27.2. The van der Waals surface area contributed by atoms with Crippen LogP contribution >= 0.6 is 46.5 Å². The normalized spacial score (nSPS) is 14.2. The number of sulfonamides is 1. The minimum absolute atomic E-state index is 0.0210. The molecule has 1 amide bonds. The van der Waals surface area contributed by atoms with Crippen molar-refractivity contribution in [1.82, 2.24) is 18.8 Å². The summed E-state index contributed by atoms with van der Waals surface area (Å²) in [5, 5.41) is 24.1. The van der Waals surface area contributed by atoms with Gasteiger partial charge < -0.3 is 15.5 Å². The second-order valence-corrected chi connectivity index (χ2v) is 11.1. The van der Waals surface area contributed by atoms with E-state index in [2.05, 4.69) is 14.1 Å². The molecule has 0 saturated heterocycles. The van der Waals surface area contributed by atoms with E-state index in [4.69, 9.17) is 34.8 Å². The van der Waals surface area contributed by atoms with Crippen LogP contribution in [0.4, 0.5) is 0 Å². The van der Waals surface area contributed by atoms with Gasteiger partial charge in [0.25, 0.3) is 5.91 Å². The molecule has 37 heavy (non-hydrogen) atoms. The quantitative estimate of drug-likeness (QED) is 0.222. The highest BCUT2D eigenvalue weighted by Gasteiger charge is 2.51. The Balaban J connectivity index is 1.86. The molecule has 0 aliphatic heterocycles. The zero-order valence-electron chi connectivity index (χ0n) is 18.2. The van der Waals surface area contributed by atoms with E-state index in [-0.39, 0.29) is 32.2 Å². The van der Waals surface area contributed by atoms with Gasteiger partial charge in [-0.05, 0) is 54.1 Å². The number of rotatable bonds is 8. The molecule has 1 aromatic heterocycles. The summed E-state index contributed by atoms with van der Waals surface area (Å²) in [7, 11) is -4.75. The number of nitrogens with zero attached hydrogens (tertiary/aromatic N) is 2. The Labute approximate surface area is 229 Å². The molecular weight excluding hydrogens is 587 g/mol. The average Bonchev–Trinajstić information content (AvgIpc) is 3.34. The Morgan fingerprint density at radius 3 is 2.32 bits per heavy atom. The molecule has 0 radical (unpaired) electrons. The number of benzene rings is 3. The summed E-state index contributed by atoms with van der Waals surface area (Å²) < 4.78 is 37.0. The van der Waals surface area contributed by atoms with E-state index in [1.54, 1.807) is 0 Å². The van der Waals surface area contributed by atoms with E-state index in [1.165, 1.54) is 54.6 Å². The van der Waals surface area contributed by atoms with Crippen molar-refractivity contribution in [3.8, 4) is 0 Å². The van der Waals surface area contributed by atoms with Crippen LogP contribution < -0.4 is 10.0 Å². The third-order valence-electron chi connectivity index (χ3n) is 5.26. The average molecular weight is 602 g/mol. The second-order valence-electron chi connectivity index (χ2n) is 7.64. The molecule has 3 aromatic carbocycles. The highest BCUT2D eigenvalue weighted by molar-refractivity contribution is 7.89. The van der Waals surface area contributed by atoms with Crippen LogP contribution in [0.1, 0.15) is 22.0 Å². The minimum Gasteiger partial charge on any atom is -0.478 e. The molecule has 4 aromatic rings. The van der Waals surface area contributed by atoms with E-state index in [0.29, 0.717) is 5.02 Å². The van der Waals surface area contributed by atoms with Gasteiger partial charge in [0, 0.05) is 10.6 Å². The maximum atomic E-state index is 13.5. The predicted molar refractivity (Wildman–Crippen MR) is 138 cm³/mol. The summed E-state index contributed by atoms with van der Waals surface area (Å²) in [6.45, 7) is 0. The number of aliphatic hydroxyl groups excluding tert-OH is 1. The molecule has 15 heteroatoms. The first-order valence-electron chi connectivity index (χ1n) is 10.1. The molecule has 10 nitrogen and oxygen atoms in total. The van der Waals surface area contributed by atoms with Crippen LogP contribution in [-0.2, 0) is 14.8 Å². The standard InChI is InChI=1S/C22H15Cl3N4O6S2/c23-13-7-4-11(5-8-13)20(31)26-22(21(32)33,19(30)12-6-9-14(24)15(25)10-12)29-37(34,35)17-3-1-2-16-18(17)28-36-27-16/h1-10,19,29-30H,(H,26,31)(H,32,33). The van der Waals surface area contributed by atoms with Crippen LogP contribution in [0.5, 0.6) is 0 Å². The van der Waals surface area contributed by atoms with E-state index < -0.39 is 38.6 Å². The monoisotopic (exact) mass is 600 g/mol. The lowest BCUT2D eigenvalue weighted by atomic mass is 9.96. The van der Waals surface area contributed by atoms with E-state index in [1.807, 2.05) is 4.72 Å². The van der Waals surface area contributed by atoms with E-state index in [0.717, 1.165) is 17.8 Å². The number of aliphatic carboxylic acids is 1. The van der Waals surface area contributed by atoms with E-state index in [9.17, 15) is 28.2 Å². The molecule has 0 spiro atoms. The highest BCUT2D eigenvalue weighted by atomic mass is 35.5. The smallest absolute Gasteiger partial charge is 0.348 e. The summed E-state index contributed by atoms with van der Waals surface area (Å²) in [6, 6.07) is 13.1. The molecule has 1 heterocycles. The molecule has 0 fully saturated rings. The summed E-state index contributed by atoms with van der Waals surface area (Å²) in [5.41, 5.74) is -2.99. The van der Waals surface area contributed by atoms with Gasteiger partial charge in [-0.3, -0.25) is 4.79 Å². The number of carboxylic acid groups (broad SMARTS) is 1. The third-order valence-corrected chi connectivity index (χ3v) is 8.29. The Bertz CT molecular complexity index is 1610. The lowest BCUT2D eigenvalue weighted by Crippen LogP contribution is -2.68. The van der Waals surface area contributed by atoms with Gasteiger partial charge in [-0.2, -0.15) is 13.5 Å². The summed E-state index contributed by atoms with van der Waals surface area (Å²) in [4.78, 5) is 25.4. The summed E-state index contributed by atoms with van der Waals surface area (Å²) >= 11 is 18.6. The van der Waals surface area contributed by atoms with Gasteiger partial charge in [-0.25, -0.2) is 13.2 Å². The molecule has 0 bridgehead atoms. The van der Waals surface area contributed by atoms with Gasteiger partial charge in [-0.1, -0.05) is 46.9 Å². The van der Waals surface area contributed by atoms with Crippen molar-refractivity contribution in [2.45, 2.75) is 16.7 Å². The molecular formula is C22H15Cl3N4O6S2. The minimum atomic E-state index is -4.75. The molecule has 192 valence electrons. The fraction of sp³-hybridized carbons (Fsp3) is 0.0909. The first-order chi connectivity index (χ1) is 17.4. The maximum Gasteiger partial charge on any atom is 0.348 e. The molecule has 0 saturated carbocycles. The number of fused-ring (bicyclic) bond motifs is 1. The fourth-order valence-corrected chi connectivity index (χ4v) is 5.90. The maximum absolute atomic E-state index is 13.5. The Morgan fingerprint density at radius 2 is 1.68 bits per heavy atom. The molecule has 0 aliphatic rings. The van der Waals surface area contributed by atoms with E-state index >= 15 is 0 Å². The van der Waals surface area contributed by atoms with Crippen molar-refractivity contribution >= 4 is 79.5 Å². The first-order valence-corrected chi connectivity index (χ1v) is 13.5. The Kier molecular flexibility index (Phi) is 7.72. The van der Waals surface area contributed by atoms with Crippen LogP contribution in [0.25, 0.3) is 11.0 Å². The van der Waals surface area contributed by atoms with Gasteiger partial charge in [0.05, 0.1) is 21.8 Å². The third kappa shape index (κ3) is 5.41. The van der Waals surface area contributed by atoms with Crippen LogP contribution in [0.2, 0.25) is 15.1 Å². The molecule has 2 unspecified atom stereocenters. The number of carbonyl (C=O) groups excluding carboxylic acids is 1. The van der Waals surface area contributed by atoms with Crippen molar-refractivity contribution in [1.29, 1.82) is 0 Å². The second kappa shape index (κ2) is 10.5. The SMILES string of the molecule is O=C(NC(NS(=O)(=O)c1cccc2nsnc12)(C(=O)O)C(O)c1ccc(Cl)c(Cl)c1)c1ccc(Cl)cc1. The number of aromatic nitrogens is 2. The zero-order valence-corrected chi connectivity index (χ0v) is 22.1. The van der Waals surface area contributed by atoms with Crippen molar-refractivity contribution in [3.63, 3.8) is 0 Å². The van der Waals surface area contributed by atoms with Crippen LogP contribution in [-0.4, -0.2) is 44.9 Å². The number of carbonyl (C=O) groups is 2. The van der Waals surface area contributed by atoms with Gasteiger partial charge in [-0.15, -0.1) is 0 Å².